The Kier molecular flexibility index (Phi) is 3.55. The molecule has 0 aliphatic rings. The molecular weight excluding hydrogens is 280 g/mol. The van der Waals surface area contributed by atoms with Crippen molar-refractivity contribution in [1.82, 2.24) is 9.88 Å². The number of hydrogen-bond donors (Lipinski definition) is 1. The summed E-state index contributed by atoms with van der Waals surface area (Å²) >= 11 is 0. The van der Waals surface area contributed by atoms with E-state index in [-0.39, 0.29) is 5.91 Å². The van der Waals surface area contributed by atoms with Gasteiger partial charge < -0.3 is 9.73 Å². The lowest BCUT2D eigenvalue weighted by Crippen LogP contribution is -2.22. The highest BCUT2D eigenvalue weighted by molar-refractivity contribution is 5.97. The Balaban J connectivity index is 1.79. The summed E-state index contributed by atoms with van der Waals surface area (Å²) in [5.41, 5.74) is 3.74. The number of oxazole rings is 1. The van der Waals surface area contributed by atoms with Gasteiger partial charge in [0.05, 0.1) is 5.52 Å². The van der Waals surface area contributed by atoms with Gasteiger partial charge in [0.2, 0.25) is 0 Å². The molecule has 3 rings (SSSR count). The first-order valence-corrected chi connectivity index (χ1v) is 6.98. The van der Waals surface area contributed by atoms with Gasteiger partial charge in [-0.15, -0.1) is 0 Å². The van der Waals surface area contributed by atoms with Gasteiger partial charge >= 0.3 is 5.76 Å². The predicted molar refractivity (Wildman–Crippen MR) is 83.8 cm³/mol. The van der Waals surface area contributed by atoms with Gasteiger partial charge in [-0.1, -0.05) is 29.8 Å². The fourth-order valence-electron chi connectivity index (χ4n) is 2.38. The van der Waals surface area contributed by atoms with Crippen LogP contribution in [0.3, 0.4) is 0 Å². The minimum atomic E-state index is -0.438. The summed E-state index contributed by atoms with van der Waals surface area (Å²) in [6.07, 6.45) is 0. The maximum absolute atomic E-state index is 12.2. The second-order valence-electron chi connectivity index (χ2n) is 5.28. The molecule has 0 radical (unpaired) electrons. The number of amides is 1. The summed E-state index contributed by atoms with van der Waals surface area (Å²) in [4.78, 5) is 23.7. The number of hydrogen-bond acceptors (Lipinski definition) is 3. The molecule has 1 amide bonds. The molecule has 0 aliphatic carbocycles. The monoisotopic (exact) mass is 296 g/mol. The maximum atomic E-state index is 12.2. The van der Waals surface area contributed by atoms with Gasteiger partial charge in [0, 0.05) is 19.2 Å². The fourth-order valence-corrected chi connectivity index (χ4v) is 2.38. The first-order valence-electron chi connectivity index (χ1n) is 6.98. The molecule has 0 aliphatic heterocycles. The van der Waals surface area contributed by atoms with E-state index in [2.05, 4.69) is 5.32 Å². The van der Waals surface area contributed by atoms with Crippen LogP contribution in [0.15, 0.2) is 51.7 Å². The number of aryl methyl sites for hydroxylation is 2. The summed E-state index contributed by atoms with van der Waals surface area (Å²) in [5.74, 6) is -0.637. The van der Waals surface area contributed by atoms with E-state index in [1.165, 1.54) is 4.57 Å². The molecule has 0 fully saturated rings. The van der Waals surface area contributed by atoms with Crippen molar-refractivity contribution < 1.29 is 9.21 Å². The lowest BCUT2D eigenvalue weighted by molar-refractivity contribution is 0.0951. The van der Waals surface area contributed by atoms with Crippen molar-refractivity contribution in [2.75, 3.05) is 0 Å². The van der Waals surface area contributed by atoms with Crippen LogP contribution < -0.4 is 11.1 Å². The van der Waals surface area contributed by atoms with E-state index in [9.17, 15) is 9.59 Å². The molecule has 0 saturated carbocycles. The summed E-state index contributed by atoms with van der Waals surface area (Å²) in [6.45, 7) is 2.47. The molecular formula is C17H16N2O3. The van der Waals surface area contributed by atoms with Gasteiger partial charge in [0.1, 0.15) is 0 Å². The second kappa shape index (κ2) is 5.52. The summed E-state index contributed by atoms with van der Waals surface area (Å²) in [5, 5.41) is 2.86. The number of rotatable bonds is 3. The van der Waals surface area contributed by atoms with Crippen LogP contribution in [-0.4, -0.2) is 10.5 Å². The molecule has 1 aromatic heterocycles. The van der Waals surface area contributed by atoms with E-state index in [1.807, 2.05) is 31.2 Å². The number of nitrogens with zero attached hydrogens (tertiary/aromatic N) is 1. The van der Waals surface area contributed by atoms with Gasteiger partial charge in [-0.2, -0.15) is 0 Å². The zero-order valence-electron chi connectivity index (χ0n) is 12.4. The number of carbonyl (C=O) groups excluding carboxylic acids is 1. The number of fused-ring (bicyclic) bond motifs is 1. The molecule has 0 saturated heterocycles. The van der Waals surface area contributed by atoms with Crippen molar-refractivity contribution in [3.05, 3.63) is 69.7 Å². The number of carbonyl (C=O) groups is 1. The van der Waals surface area contributed by atoms with Gasteiger partial charge in [0.25, 0.3) is 5.91 Å². The van der Waals surface area contributed by atoms with Gasteiger partial charge in [-0.3, -0.25) is 9.36 Å². The Morgan fingerprint density at radius 2 is 2.05 bits per heavy atom. The first-order chi connectivity index (χ1) is 10.5. The number of benzene rings is 2. The minimum Gasteiger partial charge on any atom is -0.408 e. The Labute approximate surface area is 127 Å². The highest BCUT2D eigenvalue weighted by Gasteiger charge is 2.10. The molecule has 1 N–H and O–H groups in total. The first kappa shape index (κ1) is 14.1. The second-order valence-corrected chi connectivity index (χ2v) is 5.28. The molecule has 0 spiro atoms. The van der Waals surface area contributed by atoms with Crippen LogP contribution >= 0.6 is 0 Å². The third-order valence-corrected chi connectivity index (χ3v) is 3.59. The Hall–Kier alpha value is -2.82. The van der Waals surface area contributed by atoms with E-state index in [0.717, 1.165) is 11.1 Å². The molecule has 112 valence electrons. The Morgan fingerprint density at radius 1 is 1.23 bits per heavy atom. The summed E-state index contributed by atoms with van der Waals surface area (Å²) in [7, 11) is 1.63. The highest BCUT2D eigenvalue weighted by Crippen LogP contribution is 2.14. The lowest BCUT2D eigenvalue weighted by atomic mass is 10.1. The van der Waals surface area contributed by atoms with Crippen LogP contribution in [0.25, 0.3) is 11.1 Å². The normalized spacial score (nSPS) is 10.8. The fraction of sp³-hybridized carbons (Fsp3) is 0.176. The average molecular weight is 296 g/mol. The van der Waals surface area contributed by atoms with Crippen molar-refractivity contribution in [2.45, 2.75) is 13.5 Å². The molecule has 5 nitrogen and oxygen atoms in total. The molecule has 5 heteroatoms. The quantitative estimate of drug-likeness (QED) is 0.807. The van der Waals surface area contributed by atoms with Crippen molar-refractivity contribution in [2.24, 2.45) is 7.05 Å². The lowest BCUT2D eigenvalue weighted by Gasteiger charge is -2.06. The zero-order valence-corrected chi connectivity index (χ0v) is 12.4. The van der Waals surface area contributed by atoms with E-state index in [1.54, 1.807) is 25.2 Å². The summed E-state index contributed by atoms with van der Waals surface area (Å²) in [6, 6.07) is 12.9. The molecule has 0 bridgehead atoms. The SMILES string of the molecule is Cc1cccc(CNC(=O)c2ccc3c(c2)oc(=O)n3C)c1. The van der Waals surface area contributed by atoms with Crippen molar-refractivity contribution in [1.29, 1.82) is 0 Å². The van der Waals surface area contributed by atoms with Gasteiger partial charge in [-0.25, -0.2) is 4.79 Å². The van der Waals surface area contributed by atoms with Crippen LogP contribution in [0.5, 0.6) is 0 Å². The van der Waals surface area contributed by atoms with Crippen molar-refractivity contribution in [3.8, 4) is 0 Å². The zero-order chi connectivity index (χ0) is 15.7. The molecule has 0 atom stereocenters. The predicted octanol–water partition coefficient (Wildman–Crippen LogP) is 2.37. The molecule has 2 aromatic carbocycles. The topological polar surface area (TPSA) is 64.2 Å². The van der Waals surface area contributed by atoms with Gasteiger partial charge in [0.15, 0.2) is 5.58 Å². The van der Waals surface area contributed by atoms with E-state index in [4.69, 9.17) is 4.42 Å². The maximum Gasteiger partial charge on any atom is 0.419 e. The number of aromatic nitrogens is 1. The van der Waals surface area contributed by atoms with E-state index < -0.39 is 5.76 Å². The average Bonchev–Trinajstić information content (AvgIpc) is 2.79. The third kappa shape index (κ3) is 2.65. The third-order valence-electron chi connectivity index (χ3n) is 3.59. The Morgan fingerprint density at radius 3 is 2.82 bits per heavy atom. The van der Waals surface area contributed by atoms with E-state index >= 15 is 0 Å². The van der Waals surface area contributed by atoms with Crippen molar-refractivity contribution in [3.63, 3.8) is 0 Å². The van der Waals surface area contributed by atoms with Crippen LogP contribution in [0.1, 0.15) is 21.5 Å². The van der Waals surface area contributed by atoms with Crippen LogP contribution in [0, 0.1) is 6.92 Å². The van der Waals surface area contributed by atoms with Crippen LogP contribution in [0.4, 0.5) is 0 Å². The Bertz CT molecular complexity index is 906. The highest BCUT2D eigenvalue weighted by atomic mass is 16.4. The molecule has 22 heavy (non-hydrogen) atoms. The molecule has 3 aromatic rings. The minimum absolute atomic E-state index is 0.199. The van der Waals surface area contributed by atoms with Crippen molar-refractivity contribution >= 4 is 17.0 Å². The largest absolute Gasteiger partial charge is 0.419 e. The smallest absolute Gasteiger partial charge is 0.408 e. The van der Waals surface area contributed by atoms with Crippen LogP contribution in [0.2, 0.25) is 0 Å². The van der Waals surface area contributed by atoms with E-state index in [0.29, 0.717) is 23.2 Å². The standard InChI is InChI=1S/C17H16N2O3/c1-11-4-3-5-12(8-11)10-18-16(20)13-6-7-14-15(9-13)22-17(21)19(14)2/h3-9H,10H2,1-2H3,(H,18,20). The number of nitrogens with one attached hydrogen (secondary N) is 1. The van der Waals surface area contributed by atoms with Crippen LogP contribution in [-0.2, 0) is 13.6 Å². The van der Waals surface area contributed by atoms with Gasteiger partial charge in [-0.05, 0) is 30.7 Å². The molecule has 1 heterocycles. The molecule has 0 unspecified atom stereocenters. The summed E-state index contributed by atoms with van der Waals surface area (Å²) < 4.78 is 6.50.